The number of anilines is 1. The van der Waals surface area contributed by atoms with Crippen molar-refractivity contribution >= 4 is 22.6 Å². The van der Waals surface area contributed by atoms with Gasteiger partial charge in [0.25, 0.3) is 0 Å². The van der Waals surface area contributed by atoms with Gasteiger partial charge < -0.3 is 5.73 Å². The summed E-state index contributed by atoms with van der Waals surface area (Å²) in [5.41, 5.74) is 9.02. The van der Waals surface area contributed by atoms with Crippen LogP contribution in [0.25, 0.3) is 11.0 Å². The summed E-state index contributed by atoms with van der Waals surface area (Å²) in [4.78, 5) is 24.9. The van der Waals surface area contributed by atoms with Gasteiger partial charge in [0.1, 0.15) is 5.82 Å². The van der Waals surface area contributed by atoms with Crippen molar-refractivity contribution in [2.75, 3.05) is 5.73 Å². The number of carbonyl (C=O) groups is 1. The molecule has 5 heteroatoms. The number of benzene rings is 1. The van der Waals surface area contributed by atoms with E-state index in [1.165, 1.54) is 0 Å². The van der Waals surface area contributed by atoms with Crippen LogP contribution in [0.15, 0.2) is 42.9 Å². The van der Waals surface area contributed by atoms with Crippen LogP contribution in [-0.2, 0) is 0 Å². The SMILES string of the molecule is Cc1ccnc(N)c1C(=O)c1ccc2nccnc2c1. The second-order valence-corrected chi connectivity index (χ2v) is 4.48. The number of fused-ring (bicyclic) bond motifs is 1. The molecule has 0 unspecified atom stereocenters. The highest BCUT2D eigenvalue weighted by Crippen LogP contribution is 2.20. The van der Waals surface area contributed by atoms with Crippen LogP contribution in [-0.4, -0.2) is 20.7 Å². The Hall–Kier alpha value is -2.82. The molecule has 0 atom stereocenters. The van der Waals surface area contributed by atoms with Gasteiger partial charge in [0.15, 0.2) is 5.78 Å². The van der Waals surface area contributed by atoms with Gasteiger partial charge in [-0.1, -0.05) is 0 Å². The second-order valence-electron chi connectivity index (χ2n) is 4.48. The van der Waals surface area contributed by atoms with E-state index in [2.05, 4.69) is 15.0 Å². The van der Waals surface area contributed by atoms with E-state index in [0.717, 1.165) is 11.1 Å². The molecule has 0 aliphatic carbocycles. The first-order chi connectivity index (χ1) is 9.66. The number of ketones is 1. The third-order valence-corrected chi connectivity index (χ3v) is 3.15. The van der Waals surface area contributed by atoms with Gasteiger partial charge in [-0.25, -0.2) is 4.98 Å². The number of hydrogen-bond donors (Lipinski definition) is 1. The first-order valence-corrected chi connectivity index (χ1v) is 6.13. The summed E-state index contributed by atoms with van der Waals surface area (Å²) in [5, 5.41) is 0. The number of rotatable bonds is 2. The Bertz CT molecular complexity index is 794. The predicted octanol–water partition coefficient (Wildman–Crippen LogP) is 2.15. The fourth-order valence-corrected chi connectivity index (χ4v) is 2.12. The smallest absolute Gasteiger partial charge is 0.197 e. The third-order valence-electron chi connectivity index (χ3n) is 3.15. The van der Waals surface area contributed by atoms with Crippen molar-refractivity contribution in [1.82, 2.24) is 15.0 Å². The van der Waals surface area contributed by atoms with E-state index < -0.39 is 0 Å². The van der Waals surface area contributed by atoms with E-state index in [4.69, 9.17) is 5.73 Å². The van der Waals surface area contributed by atoms with E-state index in [-0.39, 0.29) is 11.6 Å². The molecule has 0 aliphatic rings. The molecular weight excluding hydrogens is 252 g/mol. The predicted molar refractivity (Wildman–Crippen MR) is 76.4 cm³/mol. The standard InChI is InChI=1S/C15H12N4O/c1-9-4-5-19-15(16)13(9)14(20)10-2-3-11-12(8-10)18-7-6-17-11/h2-8H,1H3,(H2,16,19). The average Bonchev–Trinajstić information content (AvgIpc) is 2.46. The largest absolute Gasteiger partial charge is 0.383 e. The molecule has 98 valence electrons. The number of nitrogen functional groups attached to an aromatic ring is 1. The maximum Gasteiger partial charge on any atom is 0.197 e. The molecule has 0 amide bonds. The van der Waals surface area contributed by atoms with Crippen LogP contribution in [0.5, 0.6) is 0 Å². The Morgan fingerprint density at radius 1 is 1.00 bits per heavy atom. The minimum Gasteiger partial charge on any atom is -0.383 e. The maximum atomic E-state index is 12.6. The molecule has 0 saturated heterocycles. The molecule has 2 aromatic heterocycles. The molecule has 0 bridgehead atoms. The van der Waals surface area contributed by atoms with Crippen LogP contribution in [0.1, 0.15) is 21.5 Å². The second kappa shape index (κ2) is 4.70. The zero-order valence-corrected chi connectivity index (χ0v) is 10.9. The molecule has 0 saturated carbocycles. The Labute approximate surface area is 115 Å². The summed E-state index contributed by atoms with van der Waals surface area (Å²) < 4.78 is 0. The van der Waals surface area contributed by atoms with Gasteiger partial charge in [0.2, 0.25) is 0 Å². The summed E-state index contributed by atoms with van der Waals surface area (Å²) in [6, 6.07) is 6.99. The molecule has 0 radical (unpaired) electrons. The van der Waals surface area contributed by atoms with E-state index in [0.29, 0.717) is 16.6 Å². The van der Waals surface area contributed by atoms with Crippen molar-refractivity contribution in [1.29, 1.82) is 0 Å². The molecule has 0 spiro atoms. The number of aromatic nitrogens is 3. The summed E-state index contributed by atoms with van der Waals surface area (Å²) in [6.45, 7) is 1.84. The maximum absolute atomic E-state index is 12.6. The molecule has 0 fully saturated rings. The van der Waals surface area contributed by atoms with Crippen molar-refractivity contribution in [2.45, 2.75) is 6.92 Å². The average molecular weight is 264 g/mol. The third kappa shape index (κ3) is 1.99. The molecule has 5 nitrogen and oxygen atoms in total. The molecule has 3 aromatic rings. The van der Waals surface area contributed by atoms with Crippen LogP contribution < -0.4 is 5.73 Å². The normalized spacial score (nSPS) is 10.7. The summed E-state index contributed by atoms with van der Waals surface area (Å²) >= 11 is 0. The van der Waals surface area contributed by atoms with Crippen LogP contribution in [0.4, 0.5) is 5.82 Å². The molecule has 20 heavy (non-hydrogen) atoms. The van der Waals surface area contributed by atoms with Crippen LogP contribution in [0.3, 0.4) is 0 Å². The summed E-state index contributed by atoms with van der Waals surface area (Å²) in [7, 11) is 0. The Kier molecular flexibility index (Phi) is 2.87. The highest BCUT2D eigenvalue weighted by Gasteiger charge is 2.16. The van der Waals surface area contributed by atoms with E-state index in [1.54, 1.807) is 42.9 Å². The fourth-order valence-electron chi connectivity index (χ4n) is 2.12. The number of carbonyl (C=O) groups excluding carboxylic acids is 1. The summed E-state index contributed by atoms with van der Waals surface area (Å²) in [6.07, 6.45) is 4.81. The molecule has 3 rings (SSSR count). The molecular formula is C15H12N4O. The first kappa shape index (κ1) is 12.2. The first-order valence-electron chi connectivity index (χ1n) is 6.13. The van der Waals surface area contributed by atoms with Crippen LogP contribution in [0.2, 0.25) is 0 Å². The Morgan fingerprint density at radius 3 is 2.50 bits per heavy atom. The molecule has 2 heterocycles. The topological polar surface area (TPSA) is 81.8 Å². The number of nitrogens with two attached hydrogens (primary N) is 1. The van der Waals surface area contributed by atoms with Gasteiger partial charge in [-0.15, -0.1) is 0 Å². The molecule has 2 N–H and O–H groups in total. The van der Waals surface area contributed by atoms with Gasteiger partial charge in [-0.2, -0.15) is 0 Å². The highest BCUT2D eigenvalue weighted by molar-refractivity contribution is 6.13. The van der Waals surface area contributed by atoms with Crippen LogP contribution >= 0.6 is 0 Å². The zero-order chi connectivity index (χ0) is 14.1. The number of hydrogen-bond acceptors (Lipinski definition) is 5. The van der Waals surface area contributed by atoms with E-state index >= 15 is 0 Å². The molecule has 1 aromatic carbocycles. The van der Waals surface area contributed by atoms with Crippen molar-refractivity contribution < 1.29 is 4.79 Å². The fraction of sp³-hybridized carbons (Fsp3) is 0.0667. The van der Waals surface area contributed by atoms with Gasteiger partial charge in [-0.3, -0.25) is 14.8 Å². The Balaban J connectivity index is 2.13. The lowest BCUT2D eigenvalue weighted by Gasteiger charge is -2.07. The number of pyridine rings is 1. The lowest BCUT2D eigenvalue weighted by Crippen LogP contribution is -2.09. The molecule has 0 aliphatic heterocycles. The van der Waals surface area contributed by atoms with Crippen molar-refractivity contribution in [3.63, 3.8) is 0 Å². The minimum atomic E-state index is -0.152. The number of nitrogens with zero attached hydrogens (tertiary/aromatic N) is 3. The van der Waals surface area contributed by atoms with Crippen LogP contribution in [0, 0.1) is 6.92 Å². The summed E-state index contributed by atoms with van der Waals surface area (Å²) in [5.74, 6) is 0.0925. The van der Waals surface area contributed by atoms with E-state index in [9.17, 15) is 4.79 Å². The van der Waals surface area contributed by atoms with Crippen molar-refractivity contribution in [3.05, 3.63) is 59.5 Å². The minimum absolute atomic E-state index is 0.152. The lowest BCUT2D eigenvalue weighted by molar-refractivity contribution is 0.103. The van der Waals surface area contributed by atoms with Gasteiger partial charge >= 0.3 is 0 Å². The number of aryl methyl sites for hydroxylation is 1. The van der Waals surface area contributed by atoms with Gasteiger partial charge in [0.05, 0.1) is 16.6 Å². The highest BCUT2D eigenvalue weighted by atomic mass is 16.1. The monoisotopic (exact) mass is 264 g/mol. The lowest BCUT2D eigenvalue weighted by atomic mass is 9.99. The van der Waals surface area contributed by atoms with Gasteiger partial charge in [0, 0.05) is 24.2 Å². The van der Waals surface area contributed by atoms with Crippen molar-refractivity contribution in [3.8, 4) is 0 Å². The Morgan fingerprint density at radius 2 is 1.75 bits per heavy atom. The zero-order valence-electron chi connectivity index (χ0n) is 10.9. The quantitative estimate of drug-likeness (QED) is 0.717. The van der Waals surface area contributed by atoms with E-state index in [1.807, 2.05) is 6.92 Å². The van der Waals surface area contributed by atoms with Gasteiger partial charge in [-0.05, 0) is 36.8 Å². The van der Waals surface area contributed by atoms with Crippen molar-refractivity contribution in [2.24, 2.45) is 0 Å².